The monoisotopic (exact) mass is 310 g/mol. The van der Waals surface area contributed by atoms with E-state index in [0.29, 0.717) is 23.1 Å². The molecule has 1 aliphatic carbocycles. The van der Waals surface area contributed by atoms with Gasteiger partial charge < -0.3 is 10.4 Å². The van der Waals surface area contributed by atoms with Crippen LogP contribution in [0.3, 0.4) is 0 Å². The molecule has 0 bridgehead atoms. The summed E-state index contributed by atoms with van der Waals surface area (Å²) < 4.78 is 1.98. The molecule has 7 heteroatoms. The van der Waals surface area contributed by atoms with Gasteiger partial charge in [-0.05, 0) is 42.9 Å². The molecule has 0 amide bonds. The van der Waals surface area contributed by atoms with Gasteiger partial charge in [0.1, 0.15) is 6.33 Å². The van der Waals surface area contributed by atoms with Gasteiger partial charge in [-0.1, -0.05) is 6.92 Å². The Balaban J connectivity index is 1.74. The highest BCUT2D eigenvalue weighted by atomic mass is 16.3. The van der Waals surface area contributed by atoms with Crippen molar-refractivity contribution in [1.82, 2.24) is 24.6 Å². The molecule has 4 rings (SSSR count). The van der Waals surface area contributed by atoms with E-state index in [4.69, 9.17) is 0 Å². The van der Waals surface area contributed by atoms with Crippen LogP contribution in [0.5, 0.6) is 0 Å². The van der Waals surface area contributed by atoms with Crippen molar-refractivity contribution in [3.63, 3.8) is 0 Å². The minimum Gasteiger partial charge on any atom is -0.369 e. The Bertz CT molecular complexity index is 857. The SMILES string of the molecule is Cc1cnc(NC(O)c2cc3c(n4cnnc24)CC[C@@H]3C)nc1. The third-order valence-electron chi connectivity index (χ3n) is 4.43. The van der Waals surface area contributed by atoms with Crippen LogP contribution >= 0.6 is 0 Å². The molecule has 0 saturated carbocycles. The number of aromatic nitrogens is 5. The number of fused-ring (bicyclic) bond motifs is 3. The van der Waals surface area contributed by atoms with Gasteiger partial charge in [-0.15, -0.1) is 10.2 Å². The normalized spacial score (nSPS) is 18.1. The zero-order valence-electron chi connectivity index (χ0n) is 13.1. The molecule has 0 spiro atoms. The topological polar surface area (TPSA) is 88.2 Å². The molecule has 7 nitrogen and oxygen atoms in total. The molecule has 0 aromatic carbocycles. The molecule has 2 N–H and O–H groups in total. The maximum absolute atomic E-state index is 10.6. The van der Waals surface area contributed by atoms with Crippen molar-refractivity contribution in [3.8, 4) is 0 Å². The number of hydrogen-bond donors (Lipinski definition) is 2. The third-order valence-corrected chi connectivity index (χ3v) is 4.43. The van der Waals surface area contributed by atoms with Crippen molar-refractivity contribution in [3.05, 3.63) is 47.2 Å². The van der Waals surface area contributed by atoms with Gasteiger partial charge in [-0.2, -0.15) is 0 Å². The molecule has 3 heterocycles. The van der Waals surface area contributed by atoms with Crippen molar-refractivity contribution in [2.24, 2.45) is 0 Å². The standard InChI is InChI=1S/C16H18N6O/c1-9-6-17-16(18-7-9)20-15(23)12-5-11-10(2)3-4-13(11)22-8-19-21-14(12)22/h5-8,10,15,23H,3-4H2,1-2H3,(H,17,18,20)/t10-,15?/m0/s1. The Morgan fingerprint density at radius 2 is 2.13 bits per heavy atom. The maximum Gasteiger partial charge on any atom is 0.224 e. The second-order valence-electron chi connectivity index (χ2n) is 6.10. The van der Waals surface area contributed by atoms with Crippen LogP contribution in [0.15, 0.2) is 24.8 Å². The van der Waals surface area contributed by atoms with Gasteiger partial charge in [0.15, 0.2) is 11.9 Å². The number of nitrogens with zero attached hydrogens (tertiary/aromatic N) is 5. The first-order chi connectivity index (χ1) is 11.1. The van der Waals surface area contributed by atoms with Gasteiger partial charge in [0.2, 0.25) is 5.95 Å². The lowest BCUT2D eigenvalue weighted by Crippen LogP contribution is -2.14. The number of hydrogen-bond acceptors (Lipinski definition) is 6. The van der Waals surface area contributed by atoms with Crippen LogP contribution in [0, 0.1) is 6.92 Å². The zero-order valence-corrected chi connectivity index (χ0v) is 13.1. The van der Waals surface area contributed by atoms with Crippen molar-refractivity contribution >= 4 is 11.6 Å². The van der Waals surface area contributed by atoms with Gasteiger partial charge in [-0.25, -0.2) is 9.97 Å². The molecule has 0 aliphatic heterocycles. The van der Waals surface area contributed by atoms with Crippen LogP contribution in [-0.2, 0) is 6.42 Å². The van der Waals surface area contributed by atoms with Crippen LogP contribution in [0.4, 0.5) is 5.95 Å². The first-order valence-electron chi connectivity index (χ1n) is 7.72. The lowest BCUT2D eigenvalue weighted by Gasteiger charge is -2.16. The zero-order chi connectivity index (χ0) is 16.0. The predicted octanol–water partition coefficient (Wildman–Crippen LogP) is 1.98. The van der Waals surface area contributed by atoms with E-state index in [2.05, 4.69) is 32.4 Å². The van der Waals surface area contributed by atoms with Gasteiger partial charge in [0.25, 0.3) is 0 Å². The smallest absolute Gasteiger partial charge is 0.224 e. The van der Waals surface area contributed by atoms with Crippen molar-refractivity contribution in [2.45, 2.75) is 38.8 Å². The average molecular weight is 310 g/mol. The van der Waals surface area contributed by atoms with Crippen LogP contribution in [0.2, 0.25) is 0 Å². The second kappa shape index (κ2) is 5.27. The van der Waals surface area contributed by atoms with E-state index < -0.39 is 6.23 Å². The molecule has 1 unspecified atom stereocenters. The Labute approximate surface area is 133 Å². The van der Waals surface area contributed by atoms with E-state index in [1.54, 1.807) is 18.7 Å². The fourth-order valence-corrected chi connectivity index (χ4v) is 3.15. The number of aliphatic hydroxyl groups excluding tert-OH is 1. The number of aryl methyl sites for hydroxylation is 2. The highest BCUT2D eigenvalue weighted by molar-refractivity contribution is 5.55. The van der Waals surface area contributed by atoms with E-state index in [0.717, 1.165) is 18.4 Å². The molecule has 0 saturated heterocycles. The highest BCUT2D eigenvalue weighted by Crippen LogP contribution is 2.35. The molecule has 1 aliphatic rings. The Hall–Kier alpha value is -2.54. The minimum atomic E-state index is -0.942. The van der Waals surface area contributed by atoms with Gasteiger partial charge >= 0.3 is 0 Å². The number of nitrogens with one attached hydrogen (secondary N) is 1. The maximum atomic E-state index is 10.6. The molecule has 118 valence electrons. The summed E-state index contributed by atoms with van der Waals surface area (Å²) >= 11 is 0. The summed E-state index contributed by atoms with van der Waals surface area (Å²) in [5.41, 5.74) is 4.82. The molecule has 3 aromatic rings. The lowest BCUT2D eigenvalue weighted by atomic mass is 10.0. The summed E-state index contributed by atoms with van der Waals surface area (Å²) in [7, 11) is 0. The summed E-state index contributed by atoms with van der Waals surface area (Å²) in [5.74, 6) is 0.854. The molecule has 0 radical (unpaired) electrons. The van der Waals surface area contributed by atoms with E-state index in [1.807, 2.05) is 17.4 Å². The largest absolute Gasteiger partial charge is 0.369 e. The fourth-order valence-electron chi connectivity index (χ4n) is 3.15. The molecule has 2 atom stereocenters. The molecule has 3 aromatic heterocycles. The van der Waals surface area contributed by atoms with Crippen LogP contribution in [0.25, 0.3) is 5.65 Å². The highest BCUT2D eigenvalue weighted by Gasteiger charge is 2.25. The lowest BCUT2D eigenvalue weighted by molar-refractivity contribution is 0.208. The summed E-state index contributed by atoms with van der Waals surface area (Å²) in [6.07, 6.45) is 6.30. The van der Waals surface area contributed by atoms with E-state index >= 15 is 0 Å². The molecular formula is C16H18N6O. The summed E-state index contributed by atoms with van der Waals surface area (Å²) in [6.45, 7) is 4.12. The molecule has 23 heavy (non-hydrogen) atoms. The van der Waals surface area contributed by atoms with Crippen LogP contribution < -0.4 is 5.32 Å². The Kier molecular flexibility index (Phi) is 3.23. The van der Waals surface area contributed by atoms with Crippen molar-refractivity contribution < 1.29 is 5.11 Å². The number of pyridine rings is 1. The quantitative estimate of drug-likeness (QED) is 0.719. The summed E-state index contributed by atoms with van der Waals surface area (Å²) in [4.78, 5) is 8.35. The molecule has 0 fully saturated rings. The Morgan fingerprint density at radius 3 is 2.91 bits per heavy atom. The minimum absolute atomic E-state index is 0.384. The van der Waals surface area contributed by atoms with Crippen molar-refractivity contribution in [1.29, 1.82) is 0 Å². The second-order valence-corrected chi connectivity index (χ2v) is 6.10. The van der Waals surface area contributed by atoms with Gasteiger partial charge in [0.05, 0.1) is 0 Å². The van der Waals surface area contributed by atoms with Crippen LogP contribution in [-0.4, -0.2) is 29.7 Å². The summed E-state index contributed by atoms with van der Waals surface area (Å²) in [5, 5.41) is 21.7. The van der Waals surface area contributed by atoms with E-state index in [9.17, 15) is 5.11 Å². The van der Waals surface area contributed by atoms with E-state index in [1.165, 1.54) is 11.3 Å². The number of anilines is 1. The molecular weight excluding hydrogens is 292 g/mol. The summed E-state index contributed by atoms with van der Waals surface area (Å²) in [6, 6.07) is 2.03. The fraction of sp³-hybridized carbons (Fsp3) is 0.375. The van der Waals surface area contributed by atoms with Gasteiger partial charge in [0, 0.05) is 23.7 Å². The van der Waals surface area contributed by atoms with E-state index in [-0.39, 0.29) is 0 Å². The first-order valence-corrected chi connectivity index (χ1v) is 7.72. The average Bonchev–Trinajstić information content (AvgIpc) is 3.15. The Morgan fingerprint density at radius 1 is 1.35 bits per heavy atom. The number of aliphatic hydroxyl groups is 1. The number of rotatable bonds is 3. The predicted molar refractivity (Wildman–Crippen MR) is 85.1 cm³/mol. The van der Waals surface area contributed by atoms with Gasteiger partial charge in [-0.3, -0.25) is 4.40 Å². The van der Waals surface area contributed by atoms with Crippen molar-refractivity contribution in [2.75, 3.05) is 5.32 Å². The first kappa shape index (κ1) is 14.1. The third kappa shape index (κ3) is 2.33. The van der Waals surface area contributed by atoms with Crippen LogP contribution in [0.1, 0.15) is 47.9 Å².